The van der Waals surface area contributed by atoms with Gasteiger partial charge in [-0.3, -0.25) is 9.59 Å². The Bertz CT molecular complexity index is 996. The molecule has 5 nitrogen and oxygen atoms in total. The van der Waals surface area contributed by atoms with Gasteiger partial charge in [-0.25, -0.2) is 4.98 Å². The van der Waals surface area contributed by atoms with Crippen molar-refractivity contribution in [3.8, 4) is 10.6 Å². The fourth-order valence-electron chi connectivity index (χ4n) is 2.74. The van der Waals surface area contributed by atoms with Gasteiger partial charge in [-0.05, 0) is 37.1 Å². The fourth-order valence-corrected chi connectivity index (χ4v) is 3.96. The number of nitrogens with one attached hydrogen (secondary N) is 2. The number of carbonyl (C=O) groups excluding carboxylic acids is 2. The molecule has 144 valence electrons. The second kappa shape index (κ2) is 9.12. The first-order chi connectivity index (χ1) is 13.4. The summed E-state index contributed by atoms with van der Waals surface area (Å²) in [6, 6.07) is 13.7. The number of nitrogens with zero attached hydrogens (tertiary/aromatic N) is 1. The van der Waals surface area contributed by atoms with E-state index < -0.39 is 0 Å². The van der Waals surface area contributed by atoms with E-state index >= 15 is 0 Å². The van der Waals surface area contributed by atoms with Crippen molar-refractivity contribution in [2.24, 2.45) is 0 Å². The second-order valence-corrected chi connectivity index (χ2v) is 8.20. The lowest BCUT2D eigenvalue weighted by Crippen LogP contribution is -2.34. The maximum Gasteiger partial charge on any atom is 0.243 e. The van der Waals surface area contributed by atoms with Crippen LogP contribution in [-0.4, -0.2) is 23.3 Å². The Balaban J connectivity index is 1.53. The minimum Gasteiger partial charge on any atom is -0.347 e. The molecule has 0 saturated carbocycles. The fraction of sp³-hybridized carbons (Fsp3) is 0.190. The number of anilines is 1. The molecule has 0 saturated heterocycles. The Morgan fingerprint density at radius 2 is 1.79 bits per heavy atom. The Hall–Kier alpha value is -2.51. The molecular formula is C21H20BrN3O2S. The van der Waals surface area contributed by atoms with Crippen LogP contribution in [-0.2, 0) is 16.0 Å². The van der Waals surface area contributed by atoms with Crippen LogP contribution in [0.4, 0.5) is 5.69 Å². The molecule has 0 atom stereocenters. The number of halogens is 1. The highest BCUT2D eigenvalue weighted by molar-refractivity contribution is 9.10. The van der Waals surface area contributed by atoms with Crippen LogP contribution in [0.25, 0.3) is 10.6 Å². The molecule has 7 heteroatoms. The summed E-state index contributed by atoms with van der Waals surface area (Å²) in [7, 11) is 0. The van der Waals surface area contributed by atoms with Gasteiger partial charge in [0.1, 0.15) is 5.01 Å². The predicted octanol–water partition coefficient (Wildman–Crippen LogP) is 4.49. The van der Waals surface area contributed by atoms with Crippen LogP contribution in [0, 0.1) is 13.8 Å². The molecule has 0 unspecified atom stereocenters. The molecule has 2 amide bonds. The van der Waals surface area contributed by atoms with Crippen molar-refractivity contribution in [1.82, 2.24) is 10.3 Å². The van der Waals surface area contributed by atoms with Gasteiger partial charge in [0, 0.05) is 21.1 Å². The molecule has 0 aliphatic rings. The first kappa shape index (κ1) is 20.2. The lowest BCUT2D eigenvalue weighted by atomic mass is 10.1. The van der Waals surface area contributed by atoms with Gasteiger partial charge in [-0.15, -0.1) is 11.3 Å². The molecule has 0 bridgehead atoms. The molecule has 0 spiro atoms. The summed E-state index contributed by atoms with van der Waals surface area (Å²) in [5.41, 5.74) is 4.45. The van der Waals surface area contributed by atoms with Crippen molar-refractivity contribution < 1.29 is 9.59 Å². The minimum atomic E-state index is -0.251. The zero-order valence-electron chi connectivity index (χ0n) is 15.6. The monoisotopic (exact) mass is 457 g/mol. The molecule has 3 aromatic rings. The van der Waals surface area contributed by atoms with Gasteiger partial charge in [0.25, 0.3) is 0 Å². The lowest BCUT2D eigenvalue weighted by Gasteiger charge is -2.11. The summed E-state index contributed by atoms with van der Waals surface area (Å²) in [6.07, 6.45) is 0.140. The Kier molecular flexibility index (Phi) is 6.59. The number of rotatable bonds is 6. The van der Waals surface area contributed by atoms with Crippen molar-refractivity contribution in [3.05, 3.63) is 69.1 Å². The van der Waals surface area contributed by atoms with Crippen LogP contribution in [0.1, 0.15) is 16.8 Å². The molecule has 0 aliphatic carbocycles. The molecule has 1 heterocycles. The SMILES string of the molecule is Cc1cccc(C)c1NC(=O)CNC(=O)Cc1csc(-c2cccc(Br)c2)n1. The summed E-state index contributed by atoms with van der Waals surface area (Å²) in [5, 5.41) is 8.24. The Morgan fingerprint density at radius 1 is 1.07 bits per heavy atom. The van der Waals surface area contributed by atoms with E-state index in [9.17, 15) is 9.59 Å². The summed E-state index contributed by atoms with van der Waals surface area (Å²) in [5.74, 6) is -0.485. The van der Waals surface area contributed by atoms with Crippen molar-refractivity contribution >= 4 is 44.8 Å². The minimum absolute atomic E-state index is 0.0742. The number of aromatic nitrogens is 1. The molecular weight excluding hydrogens is 438 g/mol. The first-order valence-corrected chi connectivity index (χ1v) is 10.4. The maximum absolute atomic E-state index is 12.2. The summed E-state index contributed by atoms with van der Waals surface area (Å²) >= 11 is 4.94. The number of hydrogen-bond donors (Lipinski definition) is 2. The Labute approximate surface area is 176 Å². The predicted molar refractivity (Wildman–Crippen MR) is 117 cm³/mol. The second-order valence-electron chi connectivity index (χ2n) is 6.42. The number of hydrogen-bond acceptors (Lipinski definition) is 4. The normalized spacial score (nSPS) is 10.5. The smallest absolute Gasteiger partial charge is 0.243 e. The van der Waals surface area contributed by atoms with E-state index in [1.165, 1.54) is 11.3 Å². The van der Waals surface area contributed by atoms with Gasteiger partial charge in [-0.2, -0.15) is 0 Å². The summed E-state index contributed by atoms with van der Waals surface area (Å²) < 4.78 is 0.981. The number of amides is 2. The maximum atomic E-state index is 12.2. The van der Waals surface area contributed by atoms with Gasteiger partial charge in [0.05, 0.1) is 18.7 Å². The lowest BCUT2D eigenvalue weighted by molar-refractivity contribution is -0.123. The van der Waals surface area contributed by atoms with E-state index in [2.05, 4.69) is 31.5 Å². The number of para-hydroxylation sites is 1. The average molecular weight is 458 g/mol. The third kappa shape index (κ3) is 5.27. The number of carbonyl (C=O) groups is 2. The molecule has 0 aliphatic heterocycles. The van der Waals surface area contributed by atoms with Crippen LogP contribution in [0.5, 0.6) is 0 Å². The quantitative estimate of drug-likeness (QED) is 0.572. The van der Waals surface area contributed by atoms with E-state index in [0.717, 1.165) is 31.9 Å². The van der Waals surface area contributed by atoms with Crippen molar-refractivity contribution in [3.63, 3.8) is 0 Å². The van der Waals surface area contributed by atoms with E-state index in [0.29, 0.717) is 5.69 Å². The number of thiazole rings is 1. The van der Waals surface area contributed by atoms with E-state index in [1.54, 1.807) is 0 Å². The van der Waals surface area contributed by atoms with Crippen molar-refractivity contribution in [2.75, 3.05) is 11.9 Å². The molecule has 28 heavy (non-hydrogen) atoms. The average Bonchev–Trinajstić information content (AvgIpc) is 3.12. The van der Waals surface area contributed by atoms with Crippen molar-refractivity contribution in [2.45, 2.75) is 20.3 Å². The van der Waals surface area contributed by atoms with Gasteiger partial charge >= 0.3 is 0 Å². The molecule has 2 aromatic carbocycles. The van der Waals surface area contributed by atoms with E-state index in [4.69, 9.17) is 0 Å². The Morgan fingerprint density at radius 3 is 2.50 bits per heavy atom. The van der Waals surface area contributed by atoms with Crippen LogP contribution in [0.2, 0.25) is 0 Å². The number of aryl methyl sites for hydroxylation is 2. The topological polar surface area (TPSA) is 71.1 Å². The third-order valence-corrected chi connectivity index (χ3v) is 5.59. The largest absolute Gasteiger partial charge is 0.347 e. The van der Waals surface area contributed by atoms with Gasteiger partial charge in [0.15, 0.2) is 0 Å². The zero-order chi connectivity index (χ0) is 20.1. The van der Waals surface area contributed by atoms with E-state index in [-0.39, 0.29) is 24.8 Å². The summed E-state index contributed by atoms with van der Waals surface area (Å²) in [6.45, 7) is 3.80. The molecule has 1 aromatic heterocycles. The van der Waals surface area contributed by atoms with Gasteiger partial charge < -0.3 is 10.6 Å². The standard InChI is InChI=1S/C21H20BrN3O2S/c1-13-5-3-6-14(2)20(13)25-19(27)11-23-18(26)10-17-12-28-21(24-17)15-7-4-8-16(22)9-15/h3-9,12H,10-11H2,1-2H3,(H,23,26)(H,25,27). The van der Waals surface area contributed by atoms with E-state index in [1.807, 2.05) is 61.7 Å². The first-order valence-electron chi connectivity index (χ1n) is 8.75. The van der Waals surface area contributed by atoms with Crippen LogP contribution < -0.4 is 10.6 Å². The van der Waals surface area contributed by atoms with Crippen LogP contribution in [0.15, 0.2) is 52.3 Å². The highest BCUT2D eigenvalue weighted by Crippen LogP contribution is 2.26. The molecule has 0 radical (unpaired) electrons. The van der Waals surface area contributed by atoms with Crippen LogP contribution >= 0.6 is 27.3 Å². The third-order valence-electron chi connectivity index (χ3n) is 4.16. The molecule has 0 fully saturated rings. The highest BCUT2D eigenvalue weighted by Gasteiger charge is 2.12. The van der Waals surface area contributed by atoms with Crippen LogP contribution in [0.3, 0.4) is 0 Å². The zero-order valence-corrected chi connectivity index (χ0v) is 18.0. The summed E-state index contributed by atoms with van der Waals surface area (Å²) in [4.78, 5) is 28.8. The van der Waals surface area contributed by atoms with Crippen molar-refractivity contribution in [1.29, 1.82) is 0 Å². The molecule has 3 rings (SSSR count). The number of benzene rings is 2. The highest BCUT2D eigenvalue weighted by atomic mass is 79.9. The molecule has 2 N–H and O–H groups in total. The van der Waals surface area contributed by atoms with Gasteiger partial charge in [-0.1, -0.05) is 46.3 Å². The van der Waals surface area contributed by atoms with Gasteiger partial charge in [0.2, 0.25) is 11.8 Å².